The van der Waals surface area contributed by atoms with E-state index in [9.17, 15) is 4.79 Å². The first-order valence-electron chi connectivity index (χ1n) is 10.7. The molecule has 3 aliphatic heterocycles. The Morgan fingerprint density at radius 1 is 1.12 bits per heavy atom. The van der Waals surface area contributed by atoms with E-state index in [0.717, 1.165) is 84.3 Å². The molecule has 0 N–H and O–H groups in total. The SMILES string of the molecule is CC1CCC(C(=O)N2C[C@@H]3COC[C@]3(COCC3CCOCC3)C2)CC1. The van der Waals surface area contributed by atoms with E-state index < -0.39 is 0 Å². The van der Waals surface area contributed by atoms with E-state index in [1.54, 1.807) is 0 Å². The first-order chi connectivity index (χ1) is 12.7. The normalized spacial score (nSPS) is 38.5. The summed E-state index contributed by atoms with van der Waals surface area (Å²) in [5.74, 6) is 2.52. The van der Waals surface area contributed by atoms with Gasteiger partial charge in [-0.25, -0.2) is 0 Å². The molecular weight excluding hydrogens is 330 g/mol. The van der Waals surface area contributed by atoms with Crippen LogP contribution in [0.15, 0.2) is 0 Å². The molecule has 1 saturated carbocycles. The van der Waals surface area contributed by atoms with Gasteiger partial charge in [0.25, 0.3) is 0 Å². The average molecular weight is 366 g/mol. The molecule has 2 atom stereocenters. The molecule has 4 fully saturated rings. The van der Waals surface area contributed by atoms with Crippen LogP contribution in [0.1, 0.15) is 45.4 Å². The lowest BCUT2D eigenvalue weighted by molar-refractivity contribution is -0.136. The summed E-state index contributed by atoms with van der Waals surface area (Å²) in [6.45, 7) is 8.83. The Bertz CT molecular complexity index is 484. The van der Waals surface area contributed by atoms with Gasteiger partial charge >= 0.3 is 0 Å². The molecule has 4 aliphatic rings. The number of likely N-dealkylation sites (tertiary alicyclic amines) is 1. The van der Waals surface area contributed by atoms with Crippen molar-refractivity contribution in [3.8, 4) is 0 Å². The van der Waals surface area contributed by atoms with Gasteiger partial charge in [0.1, 0.15) is 0 Å². The van der Waals surface area contributed by atoms with Crippen LogP contribution in [0, 0.1) is 29.1 Å². The highest BCUT2D eigenvalue weighted by Crippen LogP contribution is 2.43. The summed E-state index contributed by atoms with van der Waals surface area (Å²) in [7, 11) is 0. The van der Waals surface area contributed by atoms with Crippen LogP contribution in [-0.4, -0.2) is 63.5 Å². The smallest absolute Gasteiger partial charge is 0.225 e. The van der Waals surface area contributed by atoms with Crippen molar-refractivity contribution in [2.45, 2.75) is 45.4 Å². The Morgan fingerprint density at radius 3 is 2.65 bits per heavy atom. The lowest BCUT2D eigenvalue weighted by Crippen LogP contribution is -2.40. The monoisotopic (exact) mass is 365 g/mol. The molecule has 0 aromatic heterocycles. The summed E-state index contributed by atoms with van der Waals surface area (Å²) >= 11 is 0. The minimum absolute atomic E-state index is 0.0305. The third-order valence-corrected chi connectivity index (χ3v) is 7.28. The number of ether oxygens (including phenoxy) is 3. The lowest BCUT2D eigenvalue weighted by atomic mass is 9.81. The highest BCUT2D eigenvalue weighted by molar-refractivity contribution is 5.79. The van der Waals surface area contributed by atoms with Gasteiger partial charge in [0.15, 0.2) is 0 Å². The molecule has 0 aromatic rings. The van der Waals surface area contributed by atoms with Gasteiger partial charge in [-0.05, 0) is 50.4 Å². The molecule has 0 spiro atoms. The van der Waals surface area contributed by atoms with Crippen LogP contribution in [-0.2, 0) is 19.0 Å². The largest absolute Gasteiger partial charge is 0.381 e. The van der Waals surface area contributed by atoms with Gasteiger partial charge in [-0.2, -0.15) is 0 Å². The minimum Gasteiger partial charge on any atom is -0.381 e. The maximum absolute atomic E-state index is 13.0. The van der Waals surface area contributed by atoms with Gasteiger partial charge in [-0.3, -0.25) is 4.79 Å². The Balaban J connectivity index is 1.30. The van der Waals surface area contributed by atoms with E-state index in [1.165, 1.54) is 12.8 Å². The molecular formula is C21H35NO4. The number of carbonyl (C=O) groups excluding carboxylic acids is 1. The van der Waals surface area contributed by atoms with Gasteiger partial charge in [-0.1, -0.05) is 6.92 Å². The fraction of sp³-hybridized carbons (Fsp3) is 0.952. The second-order valence-corrected chi connectivity index (χ2v) is 9.32. The third kappa shape index (κ3) is 3.95. The maximum atomic E-state index is 13.0. The molecule has 5 heteroatoms. The third-order valence-electron chi connectivity index (χ3n) is 7.28. The zero-order chi connectivity index (χ0) is 18.0. The average Bonchev–Trinajstić information content (AvgIpc) is 3.20. The molecule has 4 rings (SSSR count). The Hall–Kier alpha value is -0.650. The zero-order valence-electron chi connectivity index (χ0n) is 16.3. The van der Waals surface area contributed by atoms with E-state index >= 15 is 0 Å². The van der Waals surface area contributed by atoms with Gasteiger partial charge < -0.3 is 19.1 Å². The summed E-state index contributed by atoms with van der Waals surface area (Å²) in [6.07, 6.45) is 6.78. The summed E-state index contributed by atoms with van der Waals surface area (Å²) in [6, 6.07) is 0. The fourth-order valence-corrected chi connectivity index (χ4v) is 5.31. The number of amides is 1. The molecule has 3 saturated heterocycles. The molecule has 1 aliphatic carbocycles. The van der Waals surface area contributed by atoms with Crippen molar-refractivity contribution in [2.24, 2.45) is 29.1 Å². The van der Waals surface area contributed by atoms with Crippen molar-refractivity contribution >= 4 is 5.91 Å². The molecule has 148 valence electrons. The van der Waals surface area contributed by atoms with Crippen molar-refractivity contribution in [3.05, 3.63) is 0 Å². The first-order valence-corrected chi connectivity index (χ1v) is 10.7. The van der Waals surface area contributed by atoms with E-state index in [1.807, 2.05) is 0 Å². The topological polar surface area (TPSA) is 48.0 Å². The van der Waals surface area contributed by atoms with Crippen LogP contribution in [0.3, 0.4) is 0 Å². The van der Waals surface area contributed by atoms with Crippen molar-refractivity contribution in [3.63, 3.8) is 0 Å². The van der Waals surface area contributed by atoms with Crippen molar-refractivity contribution in [1.82, 2.24) is 4.90 Å². The molecule has 0 unspecified atom stereocenters. The van der Waals surface area contributed by atoms with E-state index in [0.29, 0.717) is 17.7 Å². The molecule has 26 heavy (non-hydrogen) atoms. The second-order valence-electron chi connectivity index (χ2n) is 9.32. The first kappa shape index (κ1) is 18.7. The Morgan fingerprint density at radius 2 is 1.88 bits per heavy atom. The molecule has 0 radical (unpaired) electrons. The van der Waals surface area contributed by atoms with Crippen LogP contribution in [0.5, 0.6) is 0 Å². The number of rotatable bonds is 5. The number of fused-ring (bicyclic) bond motifs is 1. The number of hydrogen-bond donors (Lipinski definition) is 0. The van der Waals surface area contributed by atoms with Crippen LogP contribution < -0.4 is 0 Å². The van der Waals surface area contributed by atoms with Crippen molar-refractivity contribution in [1.29, 1.82) is 0 Å². The standard InChI is InChI=1S/C21H35NO4/c1-16-2-4-18(5-3-16)20(23)22-10-19-12-26-15-21(19,13-22)14-25-11-17-6-8-24-9-7-17/h16-19H,2-15H2,1H3/t16?,18?,19-,21-/m1/s1. The summed E-state index contributed by atoms with van der Waals surface area (Å²) in [4.78, 5) is 15.2. The van der Waals surface area contributed by atoms with Crippen LogP contribution in [0.2, 0.25) is 0 Å². The summed E-state index contributed by atoms with van der Waals surface area (Å²) in [5.41, 5.74) is 0.0305. The van der Waals surface area contributed by atoms with E-state index in [2.05, 4.69) is 11.8 Å². The molecule has 5 nitrogen and oxygen atoms in total. The fourth-order valence-electron chi connectivity index (χ4n) is 5.31. The highest BCUT2D eigenvalue weighted by Gasteiger charge is 2.52. The van der Waals surface area contributed by atoms with E-state index in [4.69, 9.17) is 14.2 Å². The molecule has 1 amide bonds. The molecule has 3 heterocycles. The predicted molar refractivity (Wildman–Crippen MR) is 98.8 cm³/mol. The number of carbonyl (C=O) groups is 1. The van der Waals surface area contributed by atoms with Crippen molar-refractivity contribution < 1.29 is 19.0 Å². The van der Waals surface area contributed by atoms with Crippen molar-refractivity contribution in [2.75, 3.05) is 52.7 Å². The van der Waals surface area contributed by atoms with Gasteiger partial charge in [0.2, 0.25) is 5.91 Å². The van der Waals surface area contributed by atoms with E-state index in [-0.39, 0.29) is 11.3 Å². The quantitative estimate of drug-likeness (QED) is 0.752. The minimum atomic E-state index is 0.0305. The Kier molecular flexibility index (Phi) is 5.87. The molecule has 0 bridgehead atoms. The summed E-state index contributed by atoms with van der Waals surface area (Å²) < 4.78 is 17.4. The van der Waals surface area contributed by atoms with Gasteiger partial charge in [-0.15, -0.1) is 0 Å². The second kappa shape index (κ2) is 8.15. The van der Waals surface area contributed by atoms with Gasteiger partial charge in [0.05, 0.1) is 19.8 Å². The van der Waals surface area contributed by atoms with Crippen LogP contribution in [0.25, 0.3) is 0 Å². The van der Waals surface area contributed by atoms with Crippen LogP contribution >= 0.6 is 0 Å². The maximum Gasteiger partial charge on any atom is 0.225 e. The highest BCUT2D eigenvalue weighted by atomic mass is 16.5. The number of hydrogen-bond acceptors (Lipinski definition) is 4. The summed E-state index contributed by atoms with van der Waals surface area (Å²) in [5, 5.41) is 0. The molecule has 0 aromatic carbocycles. The lowest BCUT2D eigenvalue weighted by Gasteiger charge is -2.31. The number of nitrogens with zero attached hydrogens (tertiary/aromatic N) is 1. The van der Waals surface area contributed by atoms with Crippen LogP contribution in [0.4, 0.5) is 0 Å². The zero-order valence-corrected chi connectivity index (χ0v) is 16.3. The Labute approximate surface area is 157 Å². The predicted octanol–water partition coefficient (Wildman–Crippen LogP) is 2.73. The van der Waals surface area contributed by atoms with Gasteiger partial charge in [0, 0.05) is 50.2 Å².